The minimum atomic E-state index is 0.370. The number of nitrogens with zero attached hydrogens (tertiary/aromatic N) is 1. The lowest BCUT2D eigenvalue weighted by atomic mass is 9.83. The summed E-state index contributed by atoms with van der Waals surface area (Å²) in [5, 5.41) is 4.68. The van der Waals surface area contributed by atoms with E-state index in [-0.39, 0.29) is 0 Å². The van der Waals surface area contributed by atoms with E-state index in [9.17, 15) is 0 Å². The predicted octanol–water partition coefficient (Wildman–Crippen LogP) is 3.37. The average Bonchev–Trinajstić information content (AvgIpc) is 2.38. The van der Waals surface area contributed by atoms with Gasteiger partial charge in [-0.15, -0.1) is 0 Å². The minimum absolute atomic E-state index is 0.370. The molecule has 0 bridgehead atoms. The van der Waals surface area contributed by atoms with Crippen LogP contribution in [-0.4, -0.2) is 47.6 Å². The molecular weight excluding hydrogens is 252 g/mol. The molecule has 2 nitrogen and oxygen atoms in total. The summed E-state index contributed by atoms with van der Waals surface area (Å²) in [4.78, 5) is 2.81. The monoisotopic (exact) mass is 284 g/mol. The van der Waals surface area contributed by atoms with E-state index in [4.69, 9.17) is 0 Å². The Hall–Kier alpha value is 0.270. The van der Waals surface area contributed by atoms with Gasteiger partial charge >= 0.3 is 0 Å². The van der Waals surface area contributed by atoms with Crippen molar-refractivity contribution in [1.29, 1.82) is 0 Å². The van der Waals surface area contributed by atoms with Crippen molar-refractivity contribution in [2.45, 2.75) is 76.8 Å². The van der Waals surface area contributed by atoms with E-state index in [1.165, 1.54) is 32.2 Å². The summed E-state index contributed by atoms with van der Waals surface area (Å²) in [6.07, 6.45) is 7.93. The lowest BCUT2D eigenvalue weighted by Crippen LogP contribution is -2.62. The Morgan fingerprint density at radius 1 is 1.11 bits per heavy atom. The topological polar surface area (TPSA) is 15.3 Å². The Balaban J connectivity index is 1.94. The third-order valence-corrected chi connectivity index (χ3v) is 6.25. The summed E-state index contributed by atoms with van der Waals surface area (Å²) in [7, 11) is 0. The second-order valence-electron chi connectivity index (χ2n) is 7.54. The van der Waals surface area contributed by atoms with Crippen molar-refractivity contribution < 1.29 is 0 Å². The molecule has 0 aromatic carbocycles. The third kappa shape index (κ3) is 3.89. The summed E-state index contributed by atoms with van der Waals surface area (Å²) in [5.74, 6) is 0. The second kappa shape index (κ2) is 6.36. The summed E-state index contributed by atoms with van der Waals surface area (Å²) in [6, 6.07) is 2.18. The summed E-state index contributed by atoms with van der Waals surface area (Å²) in [6.45, 7) is 11.9. The Bertz CT molecular complexity index is 279. The first-order chi connectivity index (χ1) is 8.91. The van der Waals surface area contributed by atoms with Gasteiger partial charge < -0.3 is 5.32 Å². The number of nitrogens with one attached hydrogen (secondary N) is 1. The van der Waals surface area contributed by atoms with Gasteiger partial charge in [0.2, 0.25) is 0 Å². The van der Waals surface area contributed by atoms with Crippen LogP contribution in [0.4, 0.5) is 0 Å². The van der Waals surface area contributed by atoms with E-state index in [1.807, 2.05) is 0 Å². The fourth-order valence-electron chi connectivity index (χ4n) is 3.59. The van der Waals surface area contributed by atoms with E-state index >= 15 is 0 Å². The van der Waals surface area contributed by atoms with Crippen molar-refractivity contribution in [2.24, 2.45) is 5.41 Å². The van der Waals surface area contributed by atoms with Crippen LogP contribution in [0.1, 0.15) is 53.4 Å². The Kier molecular flexibility index (Phi) is 5.24. The van der Waals surface area contributed by atoms with Crippen LogP contribution in [0.5, 0.6) is 0 Å². The Morgan fingerprint density at radius 2 is 1.74 bits per heavy atom. The number of thioether (sulfide) groups is 1. The van der Waals surface area contributed by atoms with Crippen molar-refractivity contribution >= 4 is 11.8 Å². The molecule has 2 fully saturated rings. The van der Waals surface area contributed by atoms with Crippen LogP contribution >= 0.6 is 11.8 Å². The van der Waals surface area contributed by atoms with E-state index in [2.05, 4.69) is 55.9 Å². The van der Waals surface area contributed by atoms with Gasteiger partial charge in [-0.2, -0.15) is 11.8 Å². The Labute approximate surface area is 124 Å². The zero-order chi connectivity index (χ0) is 14.0. The van der Waals surface area contributed by atoms with Crippen LogP contribution in [0.2, 0.25) is 0 Å². The van der Waals surface area contributed by atoms with E-state index in [1.54, 1.807) is 0 Å². The molecule has 1 saturated carbocycles. The first-order valence-corrected chi connectivity index (χ1v) is 9.22. The van der Waals surface area contributed by atoms with Crippen LogP contribution in [0.3, 0.4) is 0 Å². The zero-order valence-corrected chi connectivity index (χ0v) is 14.2. The highest BCUT2D eigenvalue weighted by atomic mass is 32.2. The molecule has 1 saturated heterocycles. The molecule has 2 aliphatic rings. The molecule has 0 aromatic rings. The number of hydrogen-bond donors (Lipinski definition) is 1. The number of hydrogen-bond acceptors (Lipinski definition) is 3. The molecule has 1 heterocycles. The van der Waals surface area contributed by atoms with Gasteiger partial charge in [-0.3, -0.25) is 4.90 Å². The fourth-order valence-corrected chi connectivity index (χ4v) is 4.33. The number of rotatable bonds is 2. The van der Waals surface area contributed by atoms with Crippen LogP contribution in [0, 0.1) is 5.41 Å². The highest BCUT2D eigenvalue weighted by Crippen LogP contribution is 2.32. The molecule has 19 heavy (non-hydrogen) atoms. The zero-order valence-electron chi connectivity index (χ0n) is 13.4. The predicted molar refractivity (Wildman–Crippen MR) is 87.0 cm³/mol. The van der Waals surface area contributed by atoms with E-state index in [0.29, 0.717) is 17.5 Å². The summed E-state index contributed by atoms with van der Waals surface area (Å²) in [5.41, 5.74) is 0.370. The van der Waals surface area contributed by atoms with Crippen LogP contribution < -0.4 is 5.32 Å². The molecule has 0 radical (unpaired) electrons. The first kappa shape index (κ1) is 15.7. The quantitative estimate of drug-likeness (QED) is 0.837. The van der Waals surface area contributed by atoms with Crippen molar-refractivity contribution in [1.82, 2.24) is 10.2 Å². The molecular formula is C16H32N2S. The molecule has 112 valence electrons. The standard InChI is InChI=1S/C16H32N2S/c1-12-10-17-15(16(2,3)4)11-18(12)13-6-8-14(19-5)9-7-13/h12-15,17H,6-11H2,1-5H3. The normalized spacial score (nSPS) is 38.4. The van der Waals surface area contributed by atoms with Crippen molar-refractivity contribution in [3.8, 4) is 0 Å². The average molecular weight is 285 g/mol. The summed E-state index contributed by atoms with van der Waals surface area (Å²) < 4.78 is 0. The lowest BCUT2D eigenvalue weighted by Gasteiger charge is -2.48. The molecule has 2 atom stereocenters. The van der Waals surface area contributed by atoms with Gasteiger partial charge in [0.15, 0.2) is 0 Å². The van der Waals surface area contributed by atoms with Gasteiger partial charge in [-0.05, 0) is 44.3 Å². The molecule has 1 N–H and O–H groups in total. The third-order valence-electron chi connectivity index (χ3n) is 5.11. The van der Waals surface area contributed by atoms with E-state index < -0.39 is 0 Å². The minimum Gasteiger partial charge on any atom is -0.311 e. The van der Waals surface area contributed by atoms with Gasteiger partial charge in [-0.25, -0.2) is 0 Å². The molecule has 1 aliphatic heterocycles. The first-order valence-electron chi connectivity index (χ1n) is 7.93. The van der Waals surface area contributed by atoms with Gasteiger partial charge in [0.1, 0.15) is 0 Å². The van der Waals surface area contributed by atoms with Crippen molar-refractivity contribution in [3.05, 3.63) is 0 Å². The van der Waals surface area contributed by atoms with Crippen LogP contribution in [-0.2, 0) is 0 Å². The molecule has 0 amide bonds. The van der Waals surface area contributed by atoms with Crippen LogP contribution in [0.15, 0.2) is 0 Å². The fraction of sp³-hybridized carbons (Fsp3) is 1.00. The molecule has 2 unspecified atom stereocenters. The molecule has 3 heteroatoms. The molecule has 0 aromatic heterocycles. The van der Waals surface area contributed by atoms with E-state index in [0.717, 1.165) is 17.8 Å². The molecule has 0 spiro atoms. The smallest absolute Gasteiger partial charge is 0.0244 e. The maximum Gasteiger partial charge on any atom is 0.0244 e. The van der Waals surface area contributed by atoms with Gasteiger partial charge in [0, 0.05) is 36.5 Å². The van der Waals surface area contributed by atoms with Crippen LogP contribution in [0.25, 0.3) is 0 Å². The molecule has 1 aliphatic carbocycles. The molecule has 2 rings (SSSR count). The Morgan fingerprint density at radius 3 is 2.26 bits per heavy atom. The largest absolute Gasteiger partial charge is 0.311 e. The maximum atomic E-state index is 3.75. The highest BCUT2D eigenvalue weighted by Gasteiger charge is 2.36. The second-order valence-corrected chi connectivity index (χ2v) is 8.68. The van der Waals surface area contributed by atoms with Gasteiger partial charge in [-0.1, -0.05) is 20.8 Å². The van der Waals surface area contributed by atoms with Gasteiger partial charge in [0.05, 0.1) is 0 Å². The maximum absolute atomic E-state index is 3.75. The summed E-state index contributed by atoms with van der Waals surface area (Å²) >= 11 is 2.07. The van der Waals surface area contributed by atoms with Crippen molar-refractivity contribution in [2.75, 3.05) is 19.3 Å². The SMILES string of the molecule is CSC1CCC(N2CC(C(C)(C)C)NCC2C)CC1. The van der Waals surface area contributed by atoms with Gasteiger partial charge in [0.25, 0.3) is 0 Å². The highest BCUT2D eigenvalue weighted by molar-refractivity contribution is 7.99. The lowest BCUT2D eigenvalue weighted by molar-refractivity contribution is 0.0430. The number of piperazine rings is 1. The van der Waals surface area contributed by atoms with Crippen molar-refractivity contribution in [3.63, 3.8) is 0 Å².